The Kier molecular flexibility index (Phi) is 5.79. The van der Waals surface area contributed by atoms with Crippen LogP contribution in [0.15, 0.2) is 36.4 Å². The maximum atomic E-state index is 13.7. The van der Waals surface area contributed by atoms with Gasteiger partial charge < -0.3 is 0 Å². The Hall–Kier alpha value is -2.45. The van der Waals surface area contributed by atoms with Gasteiger partial charge in [0.05, 0.1) is 12.2 Å². The van der Waals surface area contributed by atoms with Crippen LogP contribution in [0.5, 0.6) is 0 Å². The van der Waals surface area contributed by atoms with Crippen LogP contribution in [-0.2, 0) is 6.18 Å². The normalized spacial score (nSPS) is 16.0. The molecule has 0 bridgehead atoms. The average Bonchev–Trinajstić information content (AvgIpc) is 2.88. The molecule has 0 radical (unpaired) electrons. The molecule has 0 amide bonds. The van der Waals surface area contributed by atoms with Gasteiger partial charge in [0.25, 0.3) is 0 Å². The lowest BCUT2D eigenvalue weighted by Crippen LogP contribution is -2.31. The molecule has 3 heterocycles. The van der Waals surface area contributed by atoms with E-state index in [1.807, 2.05) is 4.90 Å². The van der Waals surface area contributed by atoms with Gasteiger partial charge in [0.2, 0.25) is 0 Å². The van der Waals surface area contributed by atoms with Gasteiger partial charge in [-0.3, -0.25) is 9.69 Å². The van der Waals surface area contributed by atoms with Crippen molar-refractivity contribution in [3.8, 4) is 11.3 Å². The molecule has 2 aromatic heterocycles. The fourth-order valence-electron chi connectivity index (χ4n) is 3.70. The zero-order valence-electron chi connectivity index (χ0n) is 16.1. The number of hydrogen-bond donors (Lipinski definition) is 0. The second kappa shape index (κ2) is 8.35. The summed E-state index contributed by atoms with van der Waals surface area (Å²) < 4.78 is 41.9. The van der Waals surface area contributed by atoms with Gasteiger partial charge in [-0.2, -0.15) is 18.3 Å². The molecule has 1 saturated heterocycles. The molecule has 1 aliphatic heterocycles. The molecule has 0 N–H and O–H groups in total. The van der Waals surface area contributed by atoms with Crippen LogP contribution in [0.1, 0.15) is 41.9 Å². The predicted molar refractivity (Wildman–Crippen MR) is 108 cm³/mol. The lowest BCUT2D eigenvalue weighted by atomic mass is 10.1. The number of alkyl halides is 3. The zero-order chi connectivity index (χ0) is 21.3. The van der Waals surface area contributed by atoms with Gasteiger partial charge in [-0.15, -0.1) is 0 Å². The largest absolute Gasteiger partial charge is 0.433 e. The van der Waals surface area contributed by atoms with Crippen LogP contribution in [0, 0.1) is 0 Å². The summed E-state index contributed by atoms with van der Waals surface area (Å²) in [6.07, 6.45) is -0.480. The third kappa shape index (κ3) is 4.20. The summed E-state index contributed by atoms with van der Waals surface area (Å²) in [6, 6.07) is 9.43. The maximum Gasteiger partial charge on any atom is 0.433 e. The highest BCUT2D eigenvalue weighted by Crippen LogP contribution is 2.34. The number of nitrogens with zero attached hydrogens (tertiary/aromatic N) is 4. The van der Waals surface area contributed by atoms with Crippen molar-refractivity contribution < 1.29 is 18.0 Å². The van der Waals surface area contributed by atoms with Gasteiger partial charge in [0, 0.05) is 5.56 Å². The predicted octanol–water partition coefficient (Wildman–Crippen LogP) is 5.13. The third-order valence-corrected chi connectivity index (χ3v) is 5.57. The first kappa shape index (κ1) is 20.8. The first-order valence-corrected chi connectivity index (χ1v) is 10.2. The number of carbonyl (C=O) groups is 1. The van der Waals surface area contributed by atoms with Crippen molar-refractivity contribution in [3.05, 3.63) is 52.8 Å². The molecule has 4 rings (SSSR count). The van der Waals surface area contributed by atoms with Crippen LogP contribution < -0.4 is 0 Å². The molecular formula is C21H20ClF3N4O. The van der Waals surface area contributed by atoms with Gasteiger partial charge in [0.1, 0.15) is 5.02 Å². The summed E-state index contributed by atoms with van der Waals surface area (Å²) >= 11 is 6.33. The average molecular weight is 437 g/mol. The standard InChI is InChI=1S/C21H20ClF3N4O/c22-18-19(16(30)13-28-10-6-1-2-7-11-28)27-29-17(21(23,24)25)12-15(26-20(18)29)14-8-4-3-5-9-14/h3-5,8-9,12H,1-2,6-7,10-11,13H2. The molecule has 0 unspecified atom stereocenters. The summed E-state index contributed by atoms with van der Waals surface area (Å²) in [5.74, 6) is -0.401. The van der Waals surface area contributed by atoms with Crippen LogP contribution in [-0.4, -0.2) is 44.9 Å². The van der Waals surface area contributed by atoms with Gasteiger partial charge in [0.15, 0.2) is 22.8 Å². The number of carbonyl (C=O) groups excluding carboxylic acids is 1. The van der Waals surface area contributed by atoms with E-state index in [-0.39, 0.29) is 28.6 Å². The third-order valence-electron chi connectivity index (χ3n) is 5.22. The molecule has 0 atom stereocenters. The zero-order valence-corrected chi connectivity index (χ0v) is 16.9. The number of fused-ring (bicyclic) bond motifs is 1. The fraction of sp³-hybridized carbons (Fsp3) is 0.381. The van der Waals surface area contributed by atoms with E-state index in [9.17, 15) is 18.0 Å². The molecule has 0 saturated carbocycles. The minimum Gasteiger partial charge on any atom is -0.296 e. The van der Waals surface area contributed by atoms with Gasteiger partial charge in [-0.05, 0) is 32.0 Å². The highest BCUT2D eigenvalue weighted by Gasteiger charge is 2.36. The number of likely N-dealkylation sites (tertiary alicyclic amines) is 1. The molecule has 0 aliphatic carbocycles. The monoisotopic (exact) mass is 436 g/mol. The van der Waals surface area contributed by atoms with Gasteiger partial charge >= 0.3 is 6.18 Å². The Bertz CT molecular complexity index is 1060. The second-order valence-corrected chi connectivity index (χ2v) is 7.78. The first-order valence-electron chi connectivity index (χ1n) is 9.82. The molecule has 5 nitrogen and oxygen atoms in total. The number of ketones is 1. The van der Waals surface area contributed by atoms with Crippen LogP contribution >= 0.6 is 11.6 Å². The van der Waals surface area contributed by atoms with Crippen molar-refractivity contribution in [3.63, 3.8) is 0 Å². The quantitative estimate of drug-likeness (QED) is 0.532. The highest BCUT2D eigenvalue weighted by atomic mass is 35.5. The molecule has 1 aliphatic rings. The van der Waals surface area contributed by atoms with E-state index in [4.69, 9.17) is 11.6 Å². The number of aromatic nitrogens is 3. The van der Waals surface area contributed by atoms with Crippen LogP contribution in [0.2, 0.25) is 5.02 Å². The first-order chi connectivity index (χ1) is 14.3. The summed E-state index contributed by atoms with van der Waals surface area (Å²) in [5.41, 5.74) is -0.750. The van der Waals surface area contributed by atoms with Crippen molar-refractivity contribution in [2.45, 2.75) is 31.9 Å². The van der Waals surface area contributed by atoms with Crippen molar-refractivity contribution in [1.29, 1.82) is 0 Å². The van der Waals surface area contributed by atoms with E-state index in [2.05, 4.69) is 10.1 Å². The molecule has 3 aromatic rings. The van der Waals surface area contributed by atoms with Gasteiger partial charge in [-0.1, -0.05) is 54.8 Å². The van der Waals surface area contributed by atoms with Crippen molar-refractivity contribution in [1.82, 2.24) is 19.5 Å². The van der Waals surface area contributed by atoms with E-state index in [0.717, 1.165) is 44.8 Å². The highest BCUT2D eigenvalue weighted by molar-refractivity contribution is 6.36. The van der Waals surface area contributed by atoms with Gasteiger partial charge in [-0.25, -0.2) is 9.50 Å². The van der Waals surface area contributed by atoms with E-state index < -0.39 is 17.7 Å². The Morgan fingerprint density at radius 3 is 2.37 bits per heavy atom. The minimum atomic E-state index is -4.69. The van der Waals surface area contributed by atoms with Crippen LogP contribution in [0.25, 0.3) is 16.9 Å². The van der Waals surface area contributed by atoms with E-state index in [0.29, 0.717) is 10.1 Å². The summed E-state index contributed by atoms with van der Waals surface area (Å²) in [6.45, 7) is 1.64. The Labute approximate surface area is 176 Å². The lowest BCUT2D eigenvalue weighted by molar-refractivity contribution is -0.142. The van der Waals surface area contributed by atoms with Crippen molar-refractivity contribution in [2.75, 3.05) is 19.6 Å². The molecule has 158 valence electrons. The molecule has 0 spiro atoms. The topological polar surface area (TPSA) is 50.5 Å². The van der Waals surface area contributed by atoms with Crippen molar-refractivity contribution >= 4 is 23.0 Å². The number of halogens is 4. The maximum absolute atomic E-state index is 13.7. The minimum absolute atomic E-state index is 0.0799. The number of benzene rings is 1. The Morgan fingerprint density at radius 1 is 1.07 bits per heavy atom. The van der Waals surface area contributed by atoms with Crippen molar-refractivity contribution in [2.24, 2.45) is 0 Å². The Balaban J connectivity index is 1.77. The van der Waals surface area contributed by atoms with Crippen LogP contribution in [0.3, 0.4) is 0 Å². The summed E-state index contributed by atoms with van der Waals surface area (Å²) in [7, 11) is 0. The van der Waals surface area contributed by atoms with Crippen LogP contribution in [0.4, 0.5) is 13.2 Å². The molecule has 1 fully saturated rings. The molecular weight excluding hydrogens is 417 g/mol. The van der Waals surface area contributed by atoms with E-state index >= 15 is 0 Å². The number of hydrogen-bond acceptors (Lipinski definition) is 4. The molecule has 1 aromatic carbocycles. The van der Waals surface area contributed by atoms with E-state index in [1.165, 1.54) is 0 Å². The fourth-order valence-corrected chi connectivity index (χ4v) is 3.97. The number of Topliss-reactive ketones (excluding diaryl/α,β-unsaturated/α-hetero) is 1. The smallest absolute Gasteiger partial charge is 0.296 e. The molecule has 9 heteroatoms. The molecule has 30 heavy (non-hydrogen) atoms. The summed E-state index contributed by atoms with van der Waals surface area (Å²) in [5, 5.41) is 3.77. The Morgan fingerprint density at radius 2 is 1.73 bits per heavy atom. The second-order valence-electron chi connectivity index (χ2n) is 7.40. The van der Waals surface area contributed by atoms with E-state index in [1.54, 1.807) is 30.3 Å². The number of rotatable bonds is 4. The SMILES string of the molecule is O=C(CN1CCCCCC1)c1nn2c(C(F)(F)F)cc(-c3ccccc3)nc2c1Cl. The lowest BCUT2D eigenvalue weighted by Gasteiger charge is -2.17. The summed E-state index contributed by atoms with van der Waals surface area (Å²) in [4.78, 5) is 19.1.